The molecule has 0 bridgehead atoms. The molecule has 1 saturated carbocycles. The first-order chi connectivity index (χ1) is 14.6. The van der Waals surface area contributed by atoms with E-state index in [1.54, 1.807) is 11.9 Å². The second kappa shape index (κ2) is 7.17. The van der Waals surface area contributed by atoms with Crippen LogP contribution in [0.25, 0.3) is 0 Å². The molecule has 0 spiro atoms. The van der Waals surface area contributed by atoms with Gasteiger partial charge in [-0.1, -0.05) is 60.2 Å². The molecule has 5 heteroatoms. The van der Waals surface area contributed by atoms with Crippen LogP contribution in [0.2, 0.25) is 0 Å². The van der Waals surface area contributed by atoms with Gasteiger partial charge in [0, 0.05) is 18.0 Å². The molecule has 0 aromatic heterocycles. The maximum atomic E-state index is 12.9. The Labute approximate surface area is 176 Å². The fourth-order valence-electron chi connectivity index (χ4n) is 4.49. The smallest absolute Gasteiger partial charge is 0.252 e. The Bertz CT molecular complexity index is 1070. The summed E-state index contributed by atoms with van der Waals surface area (Å²) in [6.07, 6.45) is 6.84. The van der Waals surface area contributed by atoms with E-state index >= 15 is 0 Å². The minimum Gasteiger partial charge on any atom is -0.489 e. The SMILES string of the molecule is CN1C(=O)[C@@H](NC(=O)C2=CC=C(C3(c4ccccc4)CC3)C2)COc2ccccc21. The molecule has 1 fully saturated rings. The molecule has 152 valence electrons. The van der Waals surface area contributed by atoms with Crippen molar-refractivity contribution in [2.24, 2.45) is 0 Å². The van der Waals surface area contributed by atoms with Crippen molar-refractivity contribution in [2.75, 3.05) is 18.6 Å². The van der Waals surface area contributed by atoms with Crippen LogP contribution in [0.5, 0.6) is 5.75 Å². The Morgan fingerprint density at radius 2 is 1.80 bits per heavy atom. The van der Waals surface area contributed by atoms with Crippen LogP contribution in [0, 0.1) is 0 Å². The summed E-state index contributed by atoms with van der Waals surface area (Å²) in [4.78, 5) is 27.4. The monoisotopic (exact) mass is 400 g/mol. The molecule has 1 heterocycles. The number of rotatable bonds is 4. The van der Waals surface area contributed by atoms with Crippen LogP contribution in [0.3, 0.4) is 0 Å². The molecule has 2 amide bonds. The maximum Gasteiger partial charge on any atom is 0.252 e. The van der Waals surface area contributed by atoms with Gasteiger partial charge in [-0.15, -0.1) is 0 Å². The molecule has 1 N–H and O–H groups in total. The lowest BCUT2D eigenvalue weighted by Crippen LogP contribution is -2.49. The highest BCUT2D eigenvalue weighted by atomic mass is 16.5. The summed E-state index contributed by atoms with van der Waals surface area (Å²) in [5.41, 5.74) is 4.08. The van der Waals surface area contributed by atoms with Crippen LogP contribution in [0.4, 0.5) is 5.69 Å². The van der Waals surface area contributed by atoms with E-state index in [-0.39, 0.29) is 23.8 Å². The van der Waals surface area contributed by atoms with Gasteiger partial charge in [-0.25, -0.2) is 0 Å². The number of anilines is 1. The number of hydrogen-bond donors (Lipinski definition) is 1. The largest absolute Gasteiger partial charge is 0.489 e. The Hall–Kier alpha value is -3.34. The molecule has 3 aliphatic rings. The molecule has 5 rings (SSSR count). The molecule has 0 saturated heterocycles. The Morgan fingerprint density at radius 3 is 2.57 bits per heavy atom. The van der Waals surface area contributed by atoms with Crippen molar-refractivity contribution >= 4 is 17.5 Å². The van der Waals surface area contributed by atoms with Crippen molar-refractivity contribution in [1.82, 2.24) is 5.32 Å². The van der Waals surface area contributed by atoms with Gasteiger partial charge in [0.2, 0.25) is 5.91 Å². The maximum absolute atomic E-state index is 12.9. The first-order valence-electron chi connectivity index (χ1n) is 10.3. The van der Waals surface area contributed by atoms with E-state index in [0.717, 1.165) is 12.8 Å². The molecule has 5 nitrogen and oxygen atoms in total. The van der Waals surface area contributed by atoms with Crippen LogP contribution < -0.4 is 15.0 Å². The summed E-state index contributed by atoms with van der Waals surface area (Å²) in [5.74, 6) is 0.266. The average molecular weight is 400 g/mol. The first kappa shape index (κ1) is 18.7. The van der Waals surface area contributed by atoms with Gasteiger partial charge >= 0.3 is 0 Å². The lowest BCUT2D eigenvalue weighted by molar-refractivity contribution is -0.126. The van der Waals surface area contributed by atoms with E-state index in [0.29, 0.717) is 23.4 Å². The number of nitrogens with zero attached hydrogens (tertiary/aromatic N) is 1. The summed E-state index contributed by atoms with van der Waals surface area (Å²) >= 11 is 0. The number of ether oxygens (including phenoxy) is 1. The fourth-order valence-corrected chi connectivity index (χ4v) is 4.49. The van der Waals surface area contributed by atoms with Gasteiger partial charge < -0.3 is 15.0 Å². The minimum atomic E-state index is -0.719. The van der Waals surface area contributed by atoms with Gasteiger partial charge in [0.15, 0.2) is 0 Å². The predicted molar refractivity (Wildman–Crippen MR) is 115 cm³/mol. The lowest BCUT2D eigenvalue weighted by Gasteiger charge is -2.21. The Morgan fingerprint density at radius 1 is 1.07 bits per heavy atom. The summed E-state index contributed by atoms with van der Waals surface area (Å²) in [6.45, 7) is 0.118. The Kier molecular flexibility index (Phi) is 4.46. The lowest BCUT2D eigenvalue weighted by atomic mass is 9.86. The summed E-state index contributed by atoms with van der Waals surface area (Å²) in [7, 11) is 1.71. The minimum absolute atomic E-state index is 0.0723. The van der Waals surface area contributed by atoms with E-state index in [4.69, 9.17) is 4.74 Å². The molecule has 0 unspecified atom stereocenters. The summed E-state index contributed by atoms with van der Waals surface area (Å²) < 4.78 is 5.80. The second-order valence-corrected chi connectivity index (χ2v) is 8.21. The fraction of sp³-hybridized carbons (Fsp3) is 0.280. The molecular formula is C25H24N2O3. The summed E-state index contributed by atoms with van der Waals surface area (Å²) in [5, 5.41) is 2.89. The number of para-hydroxylation sites is 2. The molecule has 2 aliphatic carbocycles. The molecule has 0 radical (unpaired) electrons. The topological polar surface area (TPSA) is 58.6 Å². The number of likely N-dealkylation sites (N-methyl/N-ethyl adjacent to an activating group) is 1. The number of nitrogens with one attached hydrogen (secondary N) is 1. The predicted octanol–water partition coefficient (Wildman–Crippen LogP) is 3.51. The third-order valence-corrected chi connectivity index (χ3v) is 6.42. The van der Waals surface area contributed by atoms with Gasteiger partial charge in [0.25, 0.3) is 5.91 Å². The highest BCUT2D eigenvalue weighted by Gasteiger charge is 2.48. The molecular weight excluding hydrogens is 376 g/mol. The zero-order valence-corrected chi connectivity index (χ0v) is 16.9. The third kappa shape index (κ3) is 3.11. The second-order valence-electron chi connectivity index (χ2n) is 8.21. The van der Waals surface area contributed by atoms with Crippen molar-refractivity contribution in [2.45, 2.75) is 30.7 Å². The van der Waals surface area contributed by atoms with E-state index in [1.807, 2.05) is 36.4 Å². The molecule has 2 aromatic rings. The molecule has 30 heavy (non-hydrogen) atoms. The quantitative estimate of drug-likeness (QED) is 0.854. The number of fused-ring (bicyclic) bond motifs is 1. The van der Waals surface area contributed by atoms with Gasteiger partial charge in [-0.3, -0.25) is 9.59 Å². The highest BCUT2D eigenvalue weighted by Crippen LogP contribution is 2.56. The van der Waals surface area contributed by atoms with Gasteiger partial charge in [0.05, 0.1) is 5.69 Å². The van der Waals surface area contributed by atoms with Gasteiger partial charge in [0.1, 0.15) is 18.4 Å². The molecule has 1 aliphatic heterocycles. The summed E-state index contributed by atoms with van der Waals surface area (Å²) in [6, 6.07) is 17.2. The van der Waals surface area contributed by atoms with Gasteiger partial charge in [-0.05, 0) is 37.0 Å². The van der Waals surface area contributed by atoms with Crippen LogP contribution in [0.15, 0.2) is 77.9 Å². The number of carbonyl (C=O) groups is 2. The first-order valence-corrected chi connectivity index (χ1v) is 10.3. The third-order valence-electron chi connectivity index (χ3n) is 6.42. The van der Waals surface area contributed by atoms with Crippen molar-refractivity contribution in [3.63, 3.8) is 0 Å². The highest BCUT2D eigenvalue weighted by molar-refractivity contribution is 6.03. The van der Waals surface area contributed by atoms with Crippen molar-refractivity contribution in [3.05, 3.63) is 83.5 Å². The van der Waals surface area contributed by atoms with Crippen LogP contribution in [-0.4, -0.2) is 31.5 Å². The normalized spacial score (nSPS) is 21.7. The average Bonchev–Trinajstić information content (AvgIpc) is 3.47. The molecule has 2 aromatic carbocycles. The van der Waals surface area contributed by atoms with Crippen molar-refractivity contribution in [1.29, 1.82) is 0 Å². The zero-order valence-electron chi connectivity index (χ0n) is 16.9. The van der Waals surface area contributed by atoms with E-state index in [1.165, 1.54) is 11.1 Å². The standard InChI is InChI=1S/C25H24N2O3/c1-27-21-9-5-6-10-22(21)30-16-20(24(27)29)26-23(28)17-11-12-19(15-17)25(13-14-25)18-7-3-2-4-8-18/h2-12,20H,13-16H2,1H3,(H,26,28)/t20-/m0/s1. The number of carbonyl (C=O) groups excluding carboxylic acids is 2. The van der Waals surface area contributed by atoms with Crippen LogP contribution in [-0.2, 0) is 15.0 Å². The van der Waals surface area contributed by atoms with Crippen molar-refractivity contribution < 1.29 is 14.3 Å². The van der Waals surface area contributed by atoms with E-state index in [2.05, 4.69) is 35.7 Å². The van der Waals surface area contributed by atoms with Crippen LogP contribution in [0.1, 0.15) is 24.8 Å². The molecule has 1 atom stereocenters. The number of hydrogen-bond acceptors (Lipinski definition) is 3. The number of benzene rings is 2. The van der Waals surface area contributed by atoms with Crippen LogP contribution >= 0.6 is 0 Å². The number of amides is 2. The Balaban J connectivity index is 1.26. The van der Waals surface area contributed by atoms with Gasteiger partial charge in [-0.2, -0.15) is 0 Å². The zero-order chi connectivity index (χ0) is 20.7. The van der Waals surface area contributed by atoms with E-state index < -0.39 is 6.04 Å². The van der Waals surface area contributed by atoms with Crippen molar-refractivity contribution in [3.8, 4) is 5.75 Å². The van der Waals surface area contributed by atoms with E-state index in [9.17, 15) is 9.59 Å². The number of allylic oxidation sites excluding steroid dienone is 3.